The fourth-order valence-corrected chi connectivity index (χ4v) is 1.88. The van der Waals surface area contributed by atoms with E-state index in [-0.39, 0.29) is 65.5 Å². The summed E-state index contributed by atoms with van der Waals surface area (Å²) in [6.07, 6.45) is -5.85. The van der Waals surface area contributed by atoms with E-state index in [0.29, 0.717) is 0 Å². The van der Waals surface area contributed by atoms with Crippen LogP contribution >= 0.6 is 0 Å². The predicted octanol–water partition coefficient (Wildman–Crippen LogP) is -12.0. The summed E-state index contributed by atoms with van der Waals surface area (Å²) in [6, 6.07) is -1.42. The number of nitrogens with one attached hydrogen (secondary N) is 1. The second-order valence-corrected chi connectivity index (χ2v) is 4.82. The van der Waals surface area contributed by atoms with Gasteiger partial charge in [-0.25, -0.2) is 0 Å². The zero-order chi connectivity index (χ0) is 16.2. The quantitative estimate of drug-likeness (QED) is 0.275. The van der Waals surface area contributed by atoms with Gasteiger partial charge in [0.15, 0.2) is 0 Å². The monoisotopic (exact) mass is 353 g/mol. The zero-order valence-electron chi connectivity index (χ0n) is 13.0. The summed E-state index contributed by atoms with van der Waals surface area (Å²) in [5.74, 6) is -5.38. The van der Waals surface area contributed by atoms with Gasteiger partial charge in [0, 0.05) is 12.0 Å². The van der Waals surface area contributed by atoms with Crippen LogP contribution in [-0.2, 0) is 14.3 Å². The molecule has 0 aromatic heterocycles. The van der Waals surface area contributed by atoms with Crippen molar-refractivity contribution in [1.29, 1.82) is 0 Å². The van der Waals surface area contributed by atoms with Gasteiger partial charge in [0.05, 0.1) is 19.1 Å². The molecule has 1 aliphatic heterocycles. The van der Waals surface area contributed by atoms with Gasteiger partial charge in [-0.05, 0) is 12.8 Å². The summed E-state index contributed by atoms with van der Waals surface area (Å²) >= 11 is 0. The van der Waals surface area contributed by atoms with Crippen LogP contribution in [0.5, 0.6) is 0 Å². The van der Waals surface area contributed by atoms with Crippen molar-refractivity contribution >= 4 is 11.9 Å². The minimum atomic E-state index is -2.33. The molecule has 1 saturated heterocycles. The van der Waals surface area contributed by atoms with Gasteiger partial charge in [-0.2, -0.15) is 0 Å². The van der Waals surface area contributed by atoms with Gasteiger partial charge in [0.2, 0.25) is 5.79 Å². The zero-order valence-corrected chi connectivity index (χ0v) is 17.0. The van der Waals surface area contributed by atoms with Gasteiger partial charge in [-0.3, -0.25) is 0 Å². The van der Waals surface area contributed by atoms with Gasteiger partial charge in [-0.15, -0.1) is 0 Å². The number of carbonyl (C=O) groups excluding carboxylic acids is 2. The van der Waals surface area contributed by atoms with Crippen molar-refractivity contribution in [3.8, 4) is 0 Å². The molecule has 0 aliphatic carbocycles. The third kappa shape index (κ3) is 7.63. The van der Waals surface area contributed by atoms with Crippen LogP contribution in [0.3, 0.4) is 0 Å². The Kier molecular flexibility index (Phi) is 12.8. The molecule has 23 heavy (non-hydrogen) atoms. The smallest absolute Gasteiger partial charge is 0.550 e. The second-order valence-electron chi connectivity index (χ2n) is 4.82. The second kappa shape index (κ2) is 11.3. The van der Waals surface area contributed by atoms with Crippen LogP contribution in [-0.4, -0.2) is 75.7 Å². The molecule has 1 fully saturated rings. The molecule has 0 spiro atoms. The van der Waals surface area contributed by atoms with Crippen LogP contribution in [0.1, 0.15) is 12.8 Å². The third-order valence-corrected chi connectivity index (χ3v) is 3.21. The van der Waals surface area contributed by atoms with E-state index in [1.165, 1.54) is 0 Å². The third-order valence-electron chi connectivity index (χ3n) is 3.21. The molecule has 12 heteroatoms. The average Bonchev–Trinajstić information content (AvgIpc) is 2.40. The van der Waals surface area contributed by atoms with Crippen molar-refractivity contribution in [2.24, 2.45) is 0 Å². The van der Waals surface area contributed by atoms with Crippen molar-refractivity contribution in [2.45, 2.75) is 43.0 Å². The molecule has 1 heterocycles. The maximum absolute atomic E-state index is 10.8. The van der Waals surface area contributed by atoms with Crippen molar-refractivity contribution in [2.75, 3.05) is 13.2 Å². The molecule has 0 bridgehead atoms. The molecule has 1 rings (SSSR count). The number of carboxylic acid groups (broad SMARTS) is 2. The van der Waals surface area contributed by atoms with Crippen LogP contribution < -0.4 is 74.6 Å². The molecule has 1 unspecified atom stereocenters. The van der Waals surface area contributed by atoms with Crippen molar-refractivity contribution in [3.63, 3.8) is 0 Å². The SMILES string of the molecule is O=C([O-])CC[C@H](NCC1(O)OC[C@@H](O)[C@H](O)[C@H]1O)C(=O)[O-].[Na+].[Na+]. The minimum Gasteiger partial charge on any atom is -0.550 e. The fourth-order valence-electron chi connectivity index (χ4n) is 1.88. The summed E-state index contributed by atoms with van der Waals surface area (Å²) in [5, 5.41) is 61.7. The van der Waals surface area contributed by atoms with Crippen LogP contribution in [0.2, 0.25) is 0 Å². The Morgan fingerprint density at radius 1 is 1.26 bits per heavy atom. The Hall–Kier alpha value is 0.700. The van der Waals surface area contributed by atoms with E-state index in [1.807, 2.05) is 0 Å². The molecule has 0 aromatic carbocycles. The maximum Gasteiger partial charge on any atom is 1.00 e. The molecule has 0 saturated carbocycles. The van der Waals surface area contributed by atoms with E-state index >= 15 is 0 Å². The number of aliphatic hydroxyl groups excluding tert-OH is 3. The van der Waals surface area contributed by atoms with Gasteiger partial charge >= 0.3 is 59.1 Å². The summed E-state index contributed by atoms with van der Waals surface area (Å²) in [5.41, 5.74) is 0. The molecule has 10 nitrogen and oxygen atoms in total. The first-order valence-electron chi connectivity index (χ1n) is 6.22. The molecular weight excluding hydrogens is 336 g/mol. The van der Waals surface area contributed by atoms with Crippen LogP contribution in [0.25, 0.3) is 0 Å². The molecule has 5 N–H and O–H groups in total. The Labute approximate surface area is 176 Å². The van der Waals surface area contributed by atoms with Crippen molar-refractivity contribution in [3.05, 3.63) is 0 Å². The standard InChI is InChI=1S/C11H19NO9.2Na/c13-6-3-21-11(20,9(17)8(6)16)4-12-5(10(18)19)1-2-7(14)15;;/h5-6,8-9,12-13,16-17,20H,1-4H2,(H,14,15)(H,18,19);;/q;2*+1/p-2/t5-,6+,8-,9+,11?;;/m0../s1. The van der Waals surface area contributed by atoms with Crippen molar-refractivity contribution in [1.82, 2.24) is 5.32 Å². The Morgan fingerprint density at radius 3 is 2.30 bits per heavy atom. The van der Waals surface area contributed by atoms with E-state index in [1.54, 1.807) is 0 Å². The number of ether oxygens (including phenoxy) is 1. The number of rotatable bonds is 7. The summed E-state index contributed by atoms with van der Waals surface area (Å²) in [4.78, 5) is 21.1. The summed E-state index contributed by atoms with van der Waals surface area (Å²) in [7, 11) is 0. The topological polar surface area (TPSA) is 182 Å². The fraction of sp³-hybridized carbons (Fsp3) is 0.818. The molecule has 0 amide bonds. The largest absolute Gasteiger partial charge is 1.00 e. The van der Waals surface area contributed by atoms with Crippen LogP contribution in [0, 0.1) is 0 Å². The number of carbonyl (C=O) groups is 2. The number of aliphatic carboxylic acids is 2. The van der Waals surface area contributed by atoms with Gasteiger partial charge in [0.1, 0.15) is 18.3 Å². The molecule has 0 aromatic rings. The normalized spacial score (nSPS) is 31.4. The van der Waals surface area contributed by atoms with E-state index in [2.05, 4.69) is 5.32 Å². The Morgan fingerprint density at radius 2 is 1.83 bits per heavy atom. The number of hydrogen-bond donors (Lipinski definition) is 5. The summed E-state index contributed by atoms with van der Waals surface area (Å²) < 4.78 is 4.81. The number of carboxylic acids is 2. The Balaban J connectivity index is 0. The van der Waals surface area contributed by atoms with Crippen molar-refractivity contribution < 1.29 is 104 Å². The van der Waals surface area contributed by atoms with Gasteiger partial charge in [-0.1, -0.05) is 0 Å². The predicted molar refractivity (Wildman–Crippen MR) is 60.0 cm³/mol. The molecule has 0 radical (unpaired) electrons. The van der Waals surface area contributed by atoms with Gasteiger partial charge < -0.3 is 50.3 Å². The van der Waals surface area contributed by atoms with Gasteiger partial charge in [0.25, 0.3) is 0 Å². The van der Waals surface area contributed by atoms with Crippen LogP contribution in [0.4, 0.5) is 0 Å². The Bertz CT molecular complexity index is 400. The molecular formula is C11H17NNa2O9. The maximum atomic E-state index is 10.8. The van der Waals surface area contributed by atoms with Crippen LogP contribution in [0.15, 0.2) is 0 Å². The number of hydrogen-bond acceptors (Lipinski definition) is 10. The van der Waals surface area contributed by atoms with E-state index in [0.717, 1.165) is 0 Å². The molecule has 122 valence electrons. The average molecular weight is 353 g/mol. The molecule has 1 aliphatic rings. The van der Waals surface area contributed by atoms with E-state index < -0.39 is 61.7 Å². The van der Waals surface area contributed by atoms with E-state index in [9.17, 15) is 40.2 Å². The first-order valence-corrected chi connectivity index (χ1v) is 6.22. The molecule has 5 atom stereocenters. The summed E-state index contributed by atoms with van der Waals surface area (Å²) in [6.45, 7) is -1.09. The number of aliphatic hydroxyl groups is 4. The first-order chi connectivity index (χ1) is 9.67. The first kappa shape index (κ1) is 25.9. The van der Waals surface area contributed by atoms with E-state index in [4.69, 9.17) is 4.74 Å². The minimum absolute atomic E-state index is 0.